The fourth-order valence-corrected chi connectivity index (χ4v) is 1.97. The highest BCUT2D eigenvalue weighted by atomic mass is 35.5. The van der Waals surface area contributed by atoms with Crippen LogP contribution in [-0.4, -0.2) is 55.1 Å². The van der Waals surface area contributed by atoms with Crippen molar-refractivity contribution in [3.8, 4) is 0 Å². The van der Waals surface area contributed by atoms with Crippen LogP contribution in [0.1, 0.15) is 20.8 Å². The van der Waals surface area contributed by atoms with E-state index in [1.807, 2.05) is 6.92 Å². The lowest BCUT2D eigenvalue weighted by atomic mass is 10.0. The normalized spacial score (nSPS) is 20.0. The van der Waals surface area contributed by atoms with Crippen molar-refractivity contribution in [1.29, 1.82) is 0 Å². The Balaban J connectivity index is 2.40. The highest BCUT2D eigenvalue weighted by Gasteiger charge is 2.28. The molecule has 0 aliphatic carbocycles. The van der Waals surface area contributed by atoms with E-state index in [2.05, 4.69) is 24.1 Å². The predicted octanol–water partition coefficient (Wildman–Crippen LogP) is 1.09. The number of hydrogen-bond acceptors (Lipinski definition) is 3. The molecular formula is C12H23ClN2O2. The summed E-state index contributed by atoms with van der Waals surface area (Å²) >= 11 is 5.66. The van der Waals surface area contributed by atoms with Gasteiger partial charge in [0.1, 0.15) is 0 Å². The van der Waals surface area contributed by atoms with Crippen molar-refractivity contribution in [2.75, 3.05) is 38.7 Å². The topological polar surface area (TPSA) is 41.6 Å². The van der Waals surface area contributed by atoms with Gasteiger partial charge in [-0.25, -0.2) is 0 Å². The number of carbonyl (C=O) groups excluding carboxylic acids is 1. The standard InChI is InChI=1S/C12H23ClN2O2/c1-10(8-13)11(16)14-9-12(2,3)15-4-6-17-7-5-15/h10H,4-9H2,1-3H3,(H,14,16). The van der Waals surface area contributed by atoms with Gasteiger partial charge in [0.25, 0.3) is 0 Å². The summed E-state index contributed by atoms with van der Waals surface area (Å²) in [7, 11) is 0. The highest BCUT2D eigenvalue weighted by Crippen LogP contribution is 2.15. The molecule has 1 rings (SSSR count). The van der Waals surface area contributed by atoms with Gasteiger partial charge in [-0.1, -0.05) is 6.92 Å². The van der Waals surface area contributed by atoms with Crippen molar-refractivity contribution in [1.82, 2.24) is 10.2 Å². The van der Waals surface area contributed by atoms with Gasteiger partial charge in [0, 0.05) is 37.0 Å². The quantitative estimate of drug-likeness (QED) is 0.754. The predicted molar refractivity (Wildman–Crippen MR) is 69.4 cm³/mol. The largest absolute Gasteiger partial charge is 0.379 e. The van der Waals surface area contributed by atoms with E-state index in [-0.39, 0.29) is 17.4 Å². The smallest absolute Gasteiger partial charge is 0.224 e. The lowest BCUT2D eigenvalue weighted by Crippen LogP contribution is -2.55. The van der Waals surface area contributed by atoms with Crippen molar-refractivity contribution in [2.45, 2.75) is 26.3 Å². The van der Waals surface area contributed by atoms with E-state index in [9.17, 15) is 4.79 Å². The second kappa shape index (κ2) is 6.57. The molecule has 5 heteroatoms. The van der Waals surface area contributed by atoms with Crippen LogP contribution < -0.4 is 5.32 Å². The summed E-state index contributed by atoms with van der Waals surface area (Å²) in [5.74, 6) is 0.266. The molecule has 0 saturated carbocycles. The van der Waals surface area contributed by atoms with E-state index < -0.39 is 0 Å². The minimum atomic E-state index is -0.128. The number of amides is 1. The second-order valence-electron chi connectivity index (χ2n) is 5.19. The molecule has 100 valence electrons. The van der Waals surface area contributed by atoms with Crippen molar-refractivity contribution in [2.24, 2.45) is 5.92 Å². The first-order chi connectivity index (χ1) is 7.97. The number of nitrogens with one attached hydrogen (secondary N) is 1. The number of nitrogens with zero attached hydrogens (tertiary/aromatic N) is 1. The third-order valence-electron chi connectivity index (χ3n) is 3.24. The third-order valence-corrected chi connectivity index (χ3v) is 3.70. The monoisotopic (exact) mass is 262 g/mol. The lowest BCUT2D eigenvalue weighted by Gasteiger charge is -2.41. The van der Waals surface area contributed by atoms with Gasteiger partial charge in [-0.05, 0) is 13.8 Å². The summed E-state index contributed by atoms with van der Waals surface area (Å²) in [6, 6.07) is 0. The van der Waals surface area contributed by atoms with E-state index in [0.717, 1.165) is 26.3 Å². The zero-order chi connectivity index (χ0) is 12.9. The van der Waals surface area contributed by atoms with Crippen LogP contribution in [0.2, 0.25) is 0 Å². The molecule has 17 heavy (non-hydrogen) atoms. The van der Waals surface area contributed by atoms with Crippen molar-refractivity contribution in [3.05, 3.63) is 0 Å². The van der Waals surface area contributed by atoms with Gasteiger partial charge < -0.3 is 10.1 Å². The maximum absolute atomic E-state index is 11.7. The first-order valence-corrected chi connectivity index (χ1v) is 6.67. The van der Waals surface area contributed by atoms with Crippen molar-refractivity contribution >= 4 is 17.5 Å². The zero-order valence-corrected chi connectivity index (χ0v) is 11.7. The maximum Gasteiger partial charge on any atom is 0.224 e. The number of rotatable bonds is 5. The molecule has 1 amide bonds. The van der Waals surface area contributed by atoms with Crippen LogP contribution in [-0.2, 0) is 9.53 Å². The van der Waals surface area contributed by atoms with Gasteiger partial charge in [0.2, 0.25) is 5.91 Å². The third kappa shape index (κ3) is 4.45. The molecule has 0 aromatic carbocycles. The fraction of sp³-hybridized carbons (Fsp3) is 0.917. The molecule has 1 unspecified atom stereocenters. The van der Waals surface area contributed by atoms with E-state index in [1.165, 1.54) is 0 Å². The molecule has 1 aliphatic rings. The number of carbonyl (C=O) groups is 1. The van der Waals surface area contributed by atoms with E-state index in [4.69, 9.17) is 16.3 Å². The molecule has 0 radical (unpaired) electrons. The highest BCUT2D eigenvalue weighted by molar-refractivity contribution is 6.19. The van der Waals surface area contributed by atoms with Crippen LogP contribution in [0.25, 0.3) is 0 Å². The first-order valence-electron chi connectivity index (χ1n) is 6.14. The molecule has 1 N–H and O–H groups in total. The summed E-state index contributed by atoms with van der Waals surface area (Å²) in [4.78, 5) is 14.0. The Morgan fingerprint density at radius 3 is 2.59 bits per heavy atom. The van der Waals surface area contributed by atoms with Gasteiger partial charge in [-0.3, -0.25) is 9.69 Å². The molecule has 0 aromatic heterocycles. The van der Waals surface area contributed by atoms with Crippen molar-refractivity contribution < 1.29 is 9.53 Å². The number of morpholine rings is 1. The zero-order valence-electron chi connectivity index (χ0n) is 11.0. The van der Waals surface area contributed by atoms with E-state index >= 15 is 0 Å². The minimum absolute atomic E-state index is 0.0290. The Labute approximate surface area is 109 Å². The molecule has 0 spiro atoms. The van der Waals surface area contributed by atoms with Crippen LogP contribution in [0, 0.1) is 5.92 Å². The van der Waals surface area contributed by atoms with Gasteiger partial charge in [0.15, 0.2) is 0 Å². The Bertz CT molecular complexity index is 253. The molecular weight excluding hydrogens is 240 g/mol. The van der Waals surface area contributed by atoms with Gasteiger partial charge in [-0.2, -0.15) is 0 Å². The summed E-state index contributed by atoms with van der Waals surface area (Å²) in [5.41, 5.74) is -0.0362. The van der Waals surface area contributed by atoms with Crippen LogP contribution in [0.15, 0.2) is 0 Å². The molecule has 1 fully saturated rings. The molecule has 0 aromatic rings. The maximum atomic E-state index is 11.7. The first kappa shape index (κ1) is 14.7. The molecule has 1 atom stereocenters. The number of hydrogen-bond donors (Lipinski definition) is 1. The van der Waals surface area contributed by atoms with Gasteiger partial charge >= 0.3 is 0 Å². The van der Waals surface area contributed by atoms with Gasteiger partial charge in [-0.15, -0.1) is 11.6 Å². The minimum Gasteiger partial charge on any atom is -0.379 e. The van der Waals surface area contributed by atoms with E-state index in [1.54, 1.807) is 0 Å². The number of ether oxygens (including phenoxy) is 1. The number of alkyl halides is 1. The SMILES string of the molecule is CC(CCl)C(=O)NCC(C)(C)N1CCOCC1. The average Bonchev–Trinajstić information content (AvgIpc) is 2.36. The van der Waals surface area contributed by atoms with Crippen LogP contribution in [0.5, 0.6) is 0 Å². The summed E-state index contributed by atoms with van der Waals surface area (Å²) in [6.45, 7) is 10.2. The molecule has 0 bridgehead atoms. The second-order valence-corrected chi connectivity index (χ2v) is 5.49. The fourth-order valence-electron chi connectivity index (χ4n) is 1.83. The van der Waals surface area contributed by atoms with Crippen LogP contribution in [0.4, 0.5) is 0 Å². The average molecular weight is 263 g/mol. The molecule has 1 heterocycles. The Morgan fingerprint density at radius 2 is 2.06 bits per heavy atom. The lowest BCUT2D eigenvalue weighted by molar-refractivity contribution is -0.124. The molecule has 1 aliphatic heterocycles. The summed E-state index contributed by atoms with van der Waals surface area (Å²) in [6.07, 6.45) is 0. The summed E-state index contributed by atoms with van der Waals surface area (Å²) in [5, 5.41) is 2.97. The van der Waals surface area contributed by atoms with Crippen LogP contribution in [0.3, 0.4) is 0 Å². The van der Waals surface area contributed by atoms with Crippen molar-refractivity contribution in [3.63, 3.8) is 0 Å². The molecule has 4 nitrogen and oxygen atoms in total. The van der Waals surface area contributed by atoms with Crippen LogP contribution >= 0.6 is 11.6 Å². The Kier molecular flexibility index (Phi) is 5.70. The number of halogens is 1. The van der Waals surface area contributed by atoms with Gasteiger partial charge in [0.05, 0.1) is 13.2 Å². The Morgan fingerprint density at radius 1 is 1.47 bits per heavy atom. The Hall–Kier alpha value is -0.320. The summed E-state index contributed by atoms with van der Waals surface area (Å²) < 4.78 is 5.33. The van der Waals surface area contributed by atoms with E-state index in [0.29, 0.717) is 12.4 Å². The molecule has 1 saturated heterocycles.